The van der Waals surface area contributed by atoms with E-state index in [1.165, 1.54) is 21.1 Å². The molecule has 0 saturated heterocycles. The summed E-state index contributed by atoms with van der Waals surface area (Å²) in [5, 5.41) is 16.5. The Balaban J connectivity index is 1.98. The molecule has 1 heterocycles. The SMILES string of the molecule is CC(C)OC(=O)[C@H](O)[C@H](CC1CCCCC1)N(CC(=O)N(C)C)C(=O)[C@@H](CC(=O)N[C@@H](C)c1ccccc1)Cc1csc(N)n1. The van der Waals surface area contributed by atoms with E-state index in [4.69, 9.17) is 10.5 Å². The number of aromatic nitrogens is 1. The van der Waals surface area contributed by atoms with Crippen molar-refractivity contribution in [3.63, 3.8) is 0 Å². The Bertz CT molecular complexity index is 1260. The lowest BCUT2D eigenvalue weighted by molar-refractivity contribution is -0.165. The molecule has 3 rings (SSSR count). The Kier molecular flexibility index (Phi) is 13.8. The average molecular weight is 644 g/mol. The summed E-state index contributed by atoms with van der Waals surface area (Å²) in [7, 11) is 3.16. The number of benzene rings is 1. The fourth-order valence-corrected chi connectivity index (χ4v) is 6.37. The first kappa shape index (κ1) is 36.0. The number of nitrogens with one attached hydrogen (secondary N) is 1. The van der Waals surface area contributed by atoms with Gasteiger partial charge in [0.25, 0.3) is 0 Å². The van der Waals surface area contributed by atoms with Crippen LogP contribution in [0, 0.1) is 11.8 Å². The zero-order valence-electron chi connectivity index (χ0n) is 27.1. The summed E-state index contributed by atoms with van der Waals surface area (Å²) in [6.07, 6.45) is 3.01. The maximum absolute atomic E-state index is 14.6. The molecule has 0 radical (unpaired) electrons. The highest BCUT2D eigenvalue weighted by molar-refractivity contribution is 7.13. The number of nitrogens with two attached hydrogens (primary N) is 1. The zero-order valence-corrected chi connectivity index (χ0v) is 27.9. The monoisotopic (exact) mass is 643 g/mol. The number of ether oxygens (including phenoxy) is 1. The number of likely N-dealkylation sites (N-methyl/N-ethyl adjacent to an activating group) is 1. The lowest BCUT2D eigenvalue weighted by atomic mass is 9.82. The Morgan fingerprint density at radius 3 is 2.33 bits per heavy atom. The largest absolute Gasteiger partial charge is 0.461 e. The van der Waals surface area contributed by atoms with Crippen LogP contribution in [0.5, 0.6) is 0 Å². The molecule has 3 amide bonds. The van der Waals surface area contributed by atoms with Crippen LogP contribution in [0.4, 0.5) is 5.13 Å². The third-order valence-electron chi connectivity index (χ3n) is 8.23. The van der Waals surface area contributed by atoms with Crippen LogP contribution in [-0.4, -0.2) is 82.5 Å². The Morgan fingerprint density at radius 2 is 1.76 bits per heavy atom. The molecule has 1 aliphatic rings. The van der Waals surface area contributed by atoms with E-state index >= 15 is 0 Å². The van der Waals surface area contributed by atoms with Crippen LogP contribution in [0.15, 0.2) is 35.7 Å². The molecule has 1 fully saturated rings. The summed E-state index contributed by atoms with van der Waals surface area (Å²) in [5.74, 6) is -2.88. The van der Waals surface area contributed by atoms with Crippen LogP contribution in [0.3, 0.4) is 0 Å². The number of aliphatic hydroxyl groups is 1. The molecule has 2 aromatic rings. The van der Waals surface area contributed by atoms with E-state index in [0.29, 0.717) is 17.2 Å². The Morgan fingerprint density at radius 1 is 1.09 bits per heavy atom. The van der Waals surface area contributed by atoms with Gasteiger partial charge < -0.3 is 30.7 Å². The molecule has 0 unspecified atom stereocenters. The number of hydrogen-bond acceptors (Lipinski definition) is 9. The molecule has 4 N–H and O–H groups in total. The first-order valence-electron chi connectivity index (χ1n) is 15.8. The third kappa shape index (κ3) is 11.1. The van der Waals surface area contributed by atoms with Crippen LogP contribution < -0.4 is 11.1 Å². The van der Waals surface area contributed by atoms with Crippen molar-refractivity contribution in [2.75, 3.05) is 26.4 Å². The Hall–Kier alpha value is -3.51. The number of thiazole rings is 1. The molecule has 1 aromatic heterocycles. The number of nitrogen functional groups attached to an aromatic ring is 1. The molecule has 0 aliphatic heterocycles. The van der Waals surface area contributed by atoms with Gasteiger partial charge in [0, 0.05) is 32.3 Å². The van der Waals surface area contributed by atoms with Gasteiger partial charge in [0.15, 0.2) is 11.2 Å². The minimum absolute atomic E-state index is 0.0923. The number of carbonyl (C=O) groups excluding carboxylic acids is 4. The first-order chi connectivity index (χ1) is 21.3. The van der Waals surface area contributed by atoms with Gasteiger partial charge in [0.1, 0.15) is 6.54 Å². The summed E-state index contributed by atoms with van der Waals surface area (Å²) in [6.45, 7) is 4.87. The molecule has 45 heavy (non-hydrogen) atoms. The maximum atomic E-state index is 14.6. The second-order valence-corrected chi connectivity index (χ2v) is 13.4. The van der Waals surface area contributed by atoms with Gasteiger partial charge in [-0.1, -0.05) is 62.4 Å². The van der Waals surface area contributed by atoms with Crippen molar-refractivity contribution >= 4 is 40.2 Å². The van der Waals surface area contributed by atoms with Crippen molar-refractivity contribution in [1.29, 1.82) is 0 Å². The van der Waals surface area contributed by atoms with E-state index < -0.39 is 36.0 Å². The molecule has 0 spiro atoms. The Labute approximate surface area is 270 Å². The molecule has 1 saturated carbocycles. The average Bonchev–Trinajstić information content (AvgIpc) is 3.42. The predicted molar refractivity (Wildman–Crippen MR) is 174 cm³/mol. The van der Waals surface area contributed by atoms with Gasteiger partial charge in [-0.25, -0.2) is 9.78 Å². The number of aliphatic hydroxyl groups excluding tert-OH is 1. The second-order valence-electron chi connectivity index (χ2n) is 12.5. The van der Waals surface area contributed by atoms with Gasteiger partial charge in [-0.05, 0) is 38.7 Å². The normalized spacial score (nSPS) is 16.3. The van der Waals surface area contributed by atoms with Gasteiger partial charge in [-0.3, -0.25) is 14.4 Å². The zero-order chi connectivity index (χ0) is 33.1. The highest BCUT2D eigenvalue weighted by Crippen LogP contribution is 2.31. The van der Waals surface area contributed by atoms with E-state index in [9.17, 15) is 24.3 Å². The van der Waals surface area contributed by atoms with Crippen LogP contribution in [-0.2, 0) is 30.3 Å². The van der Waals surface area contributed by atoms with Crippen molar-refractivity contribution in [3.05, 3.63) is 47.0 Å². The molecule has 1 aliphatic carbocycles. The lowest BCUT2D eigenvalue weighted by Gasteiger charge is -2.38. The van der Waals surface area contributed by atoms with E-state index in [1.54, 1.807) is 33.3 Å². The quantitative estimate of drug-likeness (QED) is 0.248. The van der Waals surface area contributed by atoms with Crippen LogP contribution in [0.25, 0.3) is 0 Å². The minimum Gasteiger partial charge on any atom is -0.461 e. The van der Waals surface area contributed by atoms with Gasteiger partial charge >= 0.3 is 5.97 Å². The number of amides is 3. The fourth-order valence-electron chi connectivity index (χ4n) is 5.80. The number of carbonyl (C=O) groups is 4. The highest BCUT2D eigenvalue weighted by atomic mass is 32.1. The molecule has 248 valence electrons. The van der Waals surface area contributed by atoms with E-state index in [0.717, 1.165) is 37.7 Å². The van der Waals surface area contributed by atoms with Crippen LogP contribution in [0.1, 0.15) is 83.0 Å². The van der Waals surface area contributed by atoms with Gasteiger partial charge in [-0.2, -0.15) is 0 Å². The van der Waals surface area contributed by atoms with E-state index in [-0.39, 0.29) is 43.2 Å². The van der Waals surface area contributed by atoms with Gasteiger partial charge in [0.05, 0.1) is 29.8 Å². The smallest absolute Gasteiger partial charge is 0.337 e. The molecule has 0 bridgehead atoms. The maximum Gasteiger partial charge on any atom is 0.337 e. The fraction of sp³-hybridized carbons (Fsp3) is 0.606. The molecule has 1 aromatic carbocycles. The third-order valence-corrected chi connectivity index (χ3v) is 8.95. The number of esters is 1. The molecule has 11 nitrogen and oxygen atoms in total. The highest BCUT2D eigenvalue weighted by Gasteiger charge is 2.41. The van der Waals surface area contributed by atoms with Crippen molar-refractivity contribution in [3.8, 4) is 0 Å². The molecular weight excluding hydrogens is 594 g/mol. The first-order valence-corrected chi connectivity index (χ1v) is 16.7. The molecule has 12 heteroatoms. The van der Waals surface area contributed by atoms with Crippen molar-refractivity contribution in [1.82, 2.24) is 20.1 Å². The molecular formula is C33H49N5O6S. The predicted octanol–water partition coefficient (Wildman–Crippen LogP) is 3.72. The van der Waals surface area contributed by atoms with Gasteiger partial charge in [0.2, 0.25) is 17.7 Å². The van der Waals surface area contributed by atoms with Crippen molar-refractivity contribution in [2.45, 2.75) is 96.4 Å². The van der Waals surface area contributed by atoms with Crippen LogP contribution in [0.2, 0.25) is 0 Å². The van der Waals surface area contributed by atoms with Crippen molar-refractivity contribution < 1.29 is 29.0 Å². The van der Waals surface area contributed by atoms with Crippen molar-refractivity contribution in [2.24, 2.45) is 11.8 Å². The van der Waals surface area contributed by atoms with E-state index in [1.807, 2.05) is 37.3 Å². The van der Waals surface area contributed by atoms with E-state index in [2.05, 4.69) is 10.3 Å². The number of anilines is 1. The number of hydrogen-bond donors (Lipinski definition) is 3. The molecule has 4 atom stereocenters. The standard InChI is InChI=1S/C33H49N5O6S/c1-21(2)44-32(43)30(41)27(16-23-12-8-6-9-13-23)38(19-29(40)37(4)5)31(42)25(17-26-20-45-33(34)36-26)18-28(39)35-22(3)24-14-10-7-11-15-24/h7,10-11,14-15,20-23,25,27,30,41H,6,8-9,12-13,16-19H2,1-5H3,(H2,34,36)(H,35,39)/t22-,25+,27-,30+/m0/s1. The number of nitrogens with zero attached hydrogens (tertiary/aromatic N) is 3. The summed E-state index contributed by atoms with van der Waals surface area (Å²) >= 11 is 1.23. The summed E-state index contributed by atoms with van der Waals surface area (Å²) in [6, 6.07) is 8.16. The van der Waals surface area contributed by atoms with Crippen LogP contribution >= 0.6 is 11.3 Å². The summed E-state index contributed by atoms with van der Waals surface area (Å²) < 4.78 is 5.36. The summed E-state index contributed by atoms with van der Waals surface area (Å²) in [5.41, 5.74) is 7.34. The minimum atomic E-state index is -1.67. The topological polar surface area (TPSA) is 155 Å². The lowest BCUT2D eigenvalue weighted by Crippen LogP contribution is -2.56. The summed E-state index contributed by atoms with van der Waals surface area (Å²) in [4.78, 5) is 61.3. The second kappa shape index (κ2) is 17.3. The van der Waals surface area contributed by atoms with Gasteiger partial charge in [-0.15, -0.1) is 11.3 Å². The number of rotatable bonds is 15.